The van der Waals surface area contributed by atoms with E-state index in [1.165, 1.54) is 6.07 Å². The average Bonchev–Trinajstić information content (AvgIpc) is 3.23. The number of halogens is 1. The number of carbonyl (C=O) groups is 2. The van der Waals surface area contributed by atoms with Gasteiger partial charge in [0.15, 0.2) is 0 Å². The predicted molar refractivity (Wildman–Crippen MR) is 142 cm³/mol. The Hall–Kier alpha value is -3.01. The summed E-state index contributed by atoms with van der Waals surface area (Å²) in [6.07, 6.45) is 0.724. The van der Waals surface area contributed by atoms with Gasteiger partial charge in [0.25, 0.3) is 0 Å². The number of carboxylic acid groups (broad SMARTS) is 1. The number of aliphatic hydroxyl groups excluding tert-OH is 1. The van der Waals surface area contributed by atoms with Crippen molar-refractivity contribution in [2.45, 2.75) is 63.2 Å². The fraction of sp³-hybridized carbons (Fsp3) is 0.517. The number of carbonyl (C=O) groups excluding carboxylic acids is 1. The quantitative estimate of drug-likeness (QED) is 0.334. The SMILES string of the molecule is Cc1cccc(-c2c(F)cccc2C(O)(CCCNC(=O)O)C2CCCN(C(=O)[C@H]3C[C@@H](N)[C@@H](O)C3)C2)c1. The van der Waals surface area contributed by atoms with E-state index in [0.29, 0.717) is 55.3 Å². The summed E-state index contributed by atoms with van der Waals surface area (Å²) in [5.74, 6) is -1.28. The van der Waals surface area contributed by atoms with E-state index < -0.39 is 35.6 Å². The Morgan fingerprint density at radius 3 is 2.66 bits per heavy atom. The summed E-state index contributed by atoms with van der Waals surface area (Å²) in [6.45, 7) is 2.89. The van der Waals surface area contributed by atoms with Gasteiger partial charge in [-0.25, -0.2) is 9.18 Å². The second-order valence-electron chi connectivity index (χ2n) is 10.8. The molecule has 9 heteroatoms. The van der Waals surface area contributed by atoms with Gasteiger partial charge in [-0.15, -0.1) is 0 Å². The number of hydrogen-bond acceptors (Lipinski definition) is 5. The highest BCUT2D eigenvalue weighted by molar-refractivity contribution is 5.79. The van der Waals surface area contributed by atoms with E-state index in [9.17, 15) is 19.8 Å². The number of likely N-dealkylation sites (tertiary alicyclic amines) is 1. The van der Waals surface area contributed by atoms with Gasteiger partial charge in [-0.3, -0.25) is 4.79 Å². The normalized spacial score (nSPS) is 25.1. The van der Waals surface area contributed by atoms with E-state index in [-0.39, 0.29) is 31.3 Å². The van der Waals surface area contributed by atoms with Crippen LogP contribution in [-0.2, 0) is 10.4 Å². The fourth-order valence-electron chi connectivity index (χ4n) is 6.17. The van der Waals surface area contributed by atoms with Crippen molar-refractivity contribution >= 4 is 12.0 Å². The highest BCUT2D eigenvalue weighted by Crippen LogP contribution is 2.44. The molecule has 4 rings (SSSR count). The number of hydrogen-bond donors (Lipinski definition) is 5. The molecule has 2 aromatic rings. The minimum atomic E-state index is -1.51. The van der Waals surface area contributed by atoms with Crippen LogP contribution in [0.25, 0.3) is 11.1 Å². The molecular weight excluding hydrogens is 489 g/mol. The molecule has 2 aromatic carbocycles. The molecule has 2 fully saturated rings. The first-order valence-corrected chi connectivity index (χ1v) is 13.4. The molecule has 2 amide bonds. The van der Waals surface area contributed by atoms with Gasteiger partial charge >= 0.3 is 6.09 Å². The molecule has 2 aliphatic rings. The Bertz CT molecular complexity index is 1150. The molecule has 8 nitrogen and oxygen atoms in total. The molecule has 1 saturated carbocycles. The molecule has 1 saturated heterocycles. The number of aliphatic hydroxyl groups is 2. The first-order valence-electron chi connectivity index (χ1n) is 13.4. The van der Waals surface area contributed by atoms with Crippen molar-refractivity contribution in [2.75, 3.05) is 19.6 Å². The zero-order valence-corrected chi connectivity index (χ0v) is 21.8. The number of nitrogens with one attached hydrogen (secondary N) is 1. The number of rotatable bonds is 8. The molecule has 206 valence electrons. The van der Waals surface area contributed by atoms with Crippen LogP contribution in [0.5, 0.6) is 0 Å². The summed E-state index contributed by atoms with van der Waals surface area (Å²) in [7, 11) is 0. The second kappa shape index (κ2) is 11.8. The van der Waals surface area contributed by atoms with Crippen LogP contribution < -0.4 is 11.1 Å². The van der Waals surface area contributed by atoms with E-state index in [2.05, 4.69) is 5.32 Å². The summed E-state index contributed by atoms with van der Waals surface area (Å²) in [6, 6.07) is 11.7. The molecule has 1 aliphatic carbocycles. The van der Waals surface area contributed by atoms with E-state index >= 15 is 4.39 Å². The zero-order chi connectivity index (χ0) is 27.4. The number of aryl methyl sites for hydroxylation is 1. The van der Waals surface area contributed by atoms with E-state index in [1.807, 2.05) is 31.2 Å². The summed E-state index contributed by atoms with van der Waals surface area (Å²) >= 11 is 0. The molecule has 6 N–H and O–H groups in total. The molecule has 1 aliphatic heterocycles. The maximum atomic E-state index is 15.4. The Morgan fingerprint density at radius 1 is 1.21 bits per heavy atom. The fourth-order valence-corrected chi connectivity index (χ4v) is 6.17. The van der Waals surface area contributed by atoms with Gasteiger partial charge in [0.1, 0.15) is 5.82 Å². The lowest BCUT2D eigenvalue weighted by molar-refractivity contribution is -0.141. The summed E-state index contributed by atoms with van der Waals surface area (Å²) in [5, 5.41) is 33.8. The third-order valence-corrected chi connectivity index (χ3v) is 8.13. The smallest absolute Gasteiger partial charge is 0.404 e. The molecule has 0 spiro atoms. The lowest BCUT2D eigenvalue weighted by Crippen LogP contribution is -2.49. The molecule has 1 heterocycles. The summed E-state index contributed by atoms with van der Waals surface area (Å²) in [5.41, 5.74) is 6.81. The van der Waals surface area contributed by atoms with E-state index in [1.54, 1.807) is 17.0 Å². The minimum Gasteiger partial charge on any atom is -0.465 e. The molecule has 0 bridgehead atoms. The number of nitrogens with two attached hydrogens (primary N) is 1. The van der Waals surface area contributed by atoms with Crippen molar-refractivity contribution in [1.82, 2.24) is 10.2 Å². The molecule has 0 radical (unpaired) electrons. The largest absolute Gasteiger partial charge is 0.465 e. The molecule has 5 atom stereocenters. The minimum absolute atomic E-state index is 0.0743. The molecule has 38 heavy (non-hydrogen) atoms. The van der Waals surface area contributed by atoms with Gasteiger partial charge in [0.05, 0.1) is 11.7 Å². The van der Waals surface area contributed by atoms with Gasteiger partial charge < -0.3 is 31.3 Å². The van der Waals surface area contributed by atoms with Crippen LogP contribution in [0.1, 0.15) is 49.7 Å². The topological polar surface area (TPSA) is 136 Å². The number of amides is 2. The average molecular weight is 528 g/mol. The van der Waals surface area contributed by atoms with Crippen molar-refractivity contribution in [3.63, 3.8) is 0 Å². The molecular formula is C29H38FN3O5. The number of piperidine rings is 1. The van der Waals surface area contributed by atoms with Gasteiger partial charge in [0.2, 0.25) is 5.91 Å². The summed E-state index contributed by atoms with van der Waals surface area (Å²) < 4.78 is 15.4. The van der Waals surface area contributed by atoms with Crippen LogP contribution in [0.15, 0.2) is 42.5 Å². The van der Waals surface area contributed by atoms with Crippen molar-refractivity contribution in [3.05, 3.63) is 59.4 Å². The lowest BCUT2D eigenvalue weighted by atomic mass is 9.72. The standard InChI is InChI=1S/C29H38FN3O5/c1-18-6-2-7-19(14-18)26-22(9-3-10-23(26)30)29(38,11-5-12-32-28(36)37)21-8-4-13-33(17-21)27(35)20-15-24(31)25(34)16-20/h2-3,6-7,9-10,14,20-21,24-25,32,34,38H,4-5,8,11-13,15-17,31H2,1H3,(H,36,37)/t20-,21?,24+,25-,29?/m0/s1. The number of benzene rings is 2. The summed E-state index contributed by atoms with van der Waals surface area (Å²) in [4.78, 5) is 26.1. The highest BCUT2D eigenvalue weighted by Gasteiger charge is 2.45. The van der Waals surface area contributed by atoms with Crippen LogP contribution >= 0.6 is 0 Å². The Balaban J connectivity index is 1.68. The molecule has 0 aromatic heterocycles. The third kappa shape index (κ3) is 6.00. The monoisotopic (exact) mass is 527 g/mol. The van der Waals surface area contributed by atoms with Crippen LogP contribution in [0.4, 0.5) is 9.18 Å². The van der Waals surface area contributed by atoms with Gasteiger partial charge in [0, 0.05) is 43.1 Å². The van der Waals surface area contributed by atoms with Crippen LogP contribution in [0.2, 0.25) is 0 Å². The van der Waals surface area contributed by atoms with Gasteiger partial charge in [-0.05, 0) is 62.6 Å². The van der Waals surface area contributed by atoms with Crippen LogP contribution in [0.3, 0.4) is 0 Å². The lowest BCUT2D eigenvalue weighted by Gasteiger charge is -2.44. The van der Waals surface area contributed by atoms with E-state index in [0.717, 1.165) is 5.56 Å². The van der Waals surface area contributed by atoms with Crippen molar-refractivity contribution < 1.29 is 29.3 Å². The Morgan fingerprint density at radius 2 is 1.97 bits per heavy atom. The van der Waals surface area contributed by atoms with Crippen molar-refractivity contribution in [1.29, 1.82) is 0 Å². The maximum absolute atomic E-state index is 15.4. The predicted octanol–water partition coefficient (Wildman–Crippen LogP) is 3.37. The van der Waals surface area contributed by atoms with E-state index in [4.69, 9.17) is 10.8 Å². The first kappa shape index (κ1) is 28.0. The van der Waals surface area contributed by atoms with Crippen molar-refractivity contribution in [3.8, 4) is 11.1 Å². The number of nitrogens with zero attached hydrogens (tertiary/aromatic N) is 1. The Labute approximate surface area is 222 Å². The molecule has 2 unspecified atom stereocenters. The first-order chi connectivity index (χ1) is 18.1. The van der Waals surface area contributed by atoms with Crippen molar-refractivity contribution in [2.24, 2.45) is 17.6 Å². The van der Waals surface area contributed by atoms with Gasteiger partial charge in [-0.1, -0.05) is 42.0 Å². The highest BCUT2D eigenvalue weighted by atomic mass is 19.1. The maximum Gasteiger partial charge on any atom is 0.404 e. The third-order valence-electron chi connectivity index (χ3n) is 8.13. The zero-order valence-electron chi connectivity index (χ0n) is 21.8. The van der Waals surface area contributed by atoms with Gasteiger partial charge in [-0.2, -0.15) is 0 Å². The van der Waals surface area contributed by atoms with Crippen LogP contribution in [0, 0.1) is 24.6 Å². The van der Waals surface area contributed by atoms with Crippen LogP contribution in [-0.4, -0.2) is 64.0 Å². The second-order valence-corrected chi connectivity index (χ2v) is 10.8. The Kier molecular flexibility index (Phi) is 8.70.